The molecule has 0 N–H and O–H groups in total. The smallest absolute Gasteiger partial charge is 0.169 e. The molecule has 0 bridgehead atoms. The molecule has 74 valence electrons. The molecular formula is C12H14O2. The molecule has 0 spiro atoms. The van der Waals surface area contributed by atoms with E-state index in [0.29, 0.717) is 6.42 Å². The minimum absolute atomic E-state index is 0.0244. The zero-order valence-corrected chi connectivity index (χ0v) is 8.22. The van der Waals surface area contributed by atoms with Gasteiger partial charge in [-0.15, -0.1) is 0 Å². The number of hydrogen-bond acceptors (Lipinski definition) is 2. The zero-order chi connectivity index (χ0) is 9.97. The molecule has 0 aromatic carbocycles. The Bertz CT molecular complexity index is 312. The molecule has 0 amide bonds. The van der Waals surface area contributed by atoms with Crippen LogP contribution >= 0.6 is 0 Å². The van der Waals surface area contributed by atoms with E-state index in [0.717, 1.165) is 0 Å². The van der Waals surface area contributed by atoms with Crippen molar-refractivity contribution < 1.29 is 9.53 Å². The number of rotatable bonds is 1. The molecule has 0 saturated heterocycles. The lowest BCUT2D eigenvalue weighted by Gasteiger charge is -2.21. The van der Waals surface area contributed by atoms with Gasteiger partial charge in [0.25, 0.3) is 0 Å². The number of fused-ring (bicyclic) bond motifs is 1. The van der Waals surface area contributed by atoms with E-state index in [1.807, 2.05) is 24.3 Å². The van der Waals surface area contributed by atoms with Crippen molar-refractivity contribution in [3.63, 3.8) is 0 Å². The molecule has 2 aliphatic carbocycles. The minimum Gasteiger partial charge on any atom is -0.373 e. The monoisotopic (exact) mass is 190 g/mol. The van der Waals surface area contributed by atoms with Crippen LogP contribution in [0.2, 0.25) is 0 Å². The van der Waals surface area contributed by atoms with Crippen LogP contribution in [0.3, 0.4) is 0 Å². The van der Waals surface area contributed by atoms with E-state index < -0.39 is 0 Å². The number of ether oxygens (including phenoxy) is 1. The first kappa shape index (κ1) is 9.41. The SMILES string of the molecule is COC1CC=CC2C=CC=CC2C1=O. The molecule has 0 aromatic heterocycles. The van der Waals surface area contributed by atoms with Crippen LogP contribution in [0.5, 0.6) is 0 Å². The first-order valence-corrected chi connectivity index (χ1v) is 4.91. The molecule has 2 nitrogen and oxygen atoms in total. The highest BCUT2D eigenvalue weighted by molar-refractivity contribution is 5.88. The van der Waals surface area contributed by atoms with E-state index in [1.165, 1.54) is 0 Å². The van der Waals surface area contributed by atoms with E-state index >= 15 is 0 Å². The second-order valence-corrected chi connectivity index (χ2v) is 3.66. The van der Waals surface area contributed by atoms with Crippen molar-refractivity contribution in [2.24, 2.45) is 11.8 Å². The van der Waals surface area contributed by atoms with Gasteiger partial charge in [-0.3, -0.25) is 4.79 Å². The topological polar surface area (TPSA) is 26.3 Å². The predicted octanol–water partition coefficient (Wildman–Crippen LogP) is 1.89. The fourth-order valence-electron chi connectivity index (χ4n) is 2.00. The maximum atomic E-state index is 12.0. The molecule has 3 unspecified atom stereocenters. The lowest BCUT2D eigenvalue weighted by Crippen LogP contribution is -2.30. The molecule has 14 heavy (non-hydrogen) atoms. The Kier molecular flexibility index (Phi) is 2.64. The number of allylic oxidation sites excluding steroid dienone is 5. The molecule has 0 radical (unpaired) electrons. The summed E-state index contributed by atoms with van der Waals surface area (Å²) < 4.78 is 5.17. The Morgan fingerprint density at radius 1 is 1.29 bits per heavy atom. The average molecular weight is 190 g/mol. The van der Waals surface area contributed by atoms with E-state index in [9.17, 15) is 4.79 Å². The molecule has 0 heterocycles. The minimum atomic E-state index is -0.266. The summed E-state index contributed by atoms with van der Waals surface area (Å²) >= 11 is 0. The Morgan fingerprint density at radius 3 is 2.86 bits per heavy atom. The van der Waals surface area contributed by atoms with Gasteiger partial charge in [-0.2, -0.15) is 0 Å². The number of Topliss-reactive ketones (excluding diaryl/α,β-unsaturated/α-hetero) is 1. The molecular weight excluding hydrogens is 176 g/mol. The van der Waals surface area contributed by atoms with Gasteiger partial charge < -0.3 is 4.74 Å². The molecule has 3 atom stereocenters. The second-order valence-electron chi connectivity index (χ2n) is 3.66. The highest BCUT2D eigenvalue weighted by Gasteiger charge is 2.31. The van der Waals surface area contributed by atoms with E-state index in [1.54, 1.807) is 7.11 Å². The largest absolute Gasteiger partial charge is 0.373 e. The Morgan fingerprint density at radius 2 is 2.07 bits per heavy atom. The lowest BCUT2D eigenvalue weighted by molar-refractivity contribution is -0.131. The third-order valence-corrected chi connectivity index (χ3v) is 2.82. The van der Waals surface area contributed by atoms with Crippen molar-refractivity contribution in [2.45, 2.75) is 12.5 Å². The molecule has 0 fully saturated rings. The van der Waals surface area contributed by atoms with Gasteiger partial charge in [0, 0.05) is 18.9 Å². The fraction of sp³-hybridized carbons (Fsp3) is 0.417. The Hall–Kier alpha value is -1.15. The van der Waals surface area contributed by atoms with E-state index in [4.69, 9.17) is 4.74 Å². The van der Waals surface area contributed by atoms with Crippen LogP contribution in [0.1, 0.15) is 6.42 Å². The lowest BCUT2D eigenvalue weighted by atomic mass is 9.85. The summed E-state index contributed by atoms with van der Waals surface area (Å²) in [5.41, 5.74) is 0. The summed E-state index contributed by atoms with van der Waals surface area (Å²) in [5.74, 6) is 0.402. The van der Waals surface area contributed by atoms with Gasteiger partial charge >= 0.3 is 0 Å². The van der Waals surface area contributed by atoms with Crippen LogP contribution in [0.4, 0.5) is 0 Å². The van der Waals surface area contributed by atoms with Crippen LogP contribution in [-0.4, -0.2) is 19.0 Å². The highest BCUT2D eigenvalue weighted by Crippen LogP contribution is 2.27. The summed E-state index contributed by atoms with van der Waals surface area (Å²) in [7, 11) is 1.60. The number of hydrogen-bond donors (Lipinski definition) is 0. The molecule has 0 aliphatic heterocycles. The number of ketones is 1. The summed E-state index contributed by atoms with van der Waals surface area (Å²) in [6.07, 6.45) is 12.5. The van der Waals surface area contributed by atoms with Crippen LogP contribution in [-0.2, 0) is 9.53 Å². The van der Waals surface area contributed by atoms with Crippen LogP contribution in [0.15, 0.2) is 36.5 Å². The van der Waals surface area contributed by atoms with Gasteiger partial charge in [0.1, 0.15) is 6.10 Å². The first-order chi connectivity index (χ1) is 6.83. The molecule has 2 rings (SSSR count). The third kappa shape index (κ3) is 1.58. The maximum Gasteiger partial charge on any atom is 0.169 e. The van der Waals surface area contributed by atoms with Gasteiger partial charge in [-0.25, -0.2) is 0 Å². The van der Waals surface area contributed by atoms with Crippen molar-refractivity contribution >= 4 is 5.78 Å². The fourth-order valence-corrected chi connectivity index (χ4v) is 2.00. The van der Waals surface area contributed by atoms with Crippen molar-refractivity contribution in [3.8, 4) is 0 Å². The van der Waals surface area contributed by atoms with Crippen molar-refractivity contribution in [1.82, 2.24) is 0 Å². The van der Waals surface area contributed by atoms with Crippen LogP contribution in [0.25, 0.3) is 0 Å². The van der Waals surface area contributed by atoms with Gasteiger partial charge in [0.2, 0.25) is 0 Å². The standard InChI is InChI=1S/C12H14O2/c1-14-11-8-4-6-9-5-2-3-7-10(9)12(11)13/h2-7,9-11H,8H2,1H3. The predicted molar refractivity (Wildman–Crippen MR) is 54.8 cm³/mol. The summed E-state index contributed by atoms with van der Waals surface area (Å²) in [6.45, 7) is 0. The Balaban J connectivity index is 2.25. The van der Waals surface area contributed by atoms with Crippen LogP contribution in [0, 0.1) is 11.8 Å². The van der Waals surface area contributed by atoms with Gasteiger partial charge in [-0.05, 0) is 6.42 Å². The zero-order valence-electron chi connectivity index (χ0n) is 8.22. The first-order valence-electron chi connectivity index (χ1n) is 4.91. The van der Waals surface area contributed by atoms with Gasteiger partial charge in [-0.1, -0.05) is 36.5 Å². The second kappa shape index (κ2) is 3.93. The van der Waals surface area contributed by atoms with E-state index in [-0.39, 0.29) is 23.7 Å². The van der Waals surface area contributed by atoms with Crippen molar-refractivity contribution in [1.29, 1.82) is 0 Å². The number of carbonyl (C=O) groups is 1. The highest BCUT2D eigenvalue weighted by atomic mass is 16.5. The van der Waals surface area contributed by atoms with Gasteiger partial charge in [0.15, 0.2) is 5.78 Å². The Labute approximate surface area is 83.9 Å². The van der Waals surface area contributed by atoms with Gasteiger partial charge in [0.05, 0.1) is 0 Å². The molecule has 2 heteroatoms. The number of methoxy groups -OCH3 is 1. The van der Waals surface area contributed by atoms with Crippen molar-refractivity contribution in [2.75, 3.05) is 7.11 Å². The summed E-state index contributed by atoms with van der Waals surface area (Å²) in [6, 6.07) is 0. The molecule has 0 aromatic rings. The third-order valence-electron chi connectivity index (χ3n) is 2.82. The average Bonchev–Trinajstić information content (AvgIpc) is 2.39. The summed E-state index contributed by atoms with van der Waals surface area (Å²) in [4.78, 5) is 12.0. The summed E-state index contributed by atoms with van der Waals surface area (Å²) in [5, 5.41) is 0. The van der Waals surface area contributed by atoms with E-state index in [2.05, 4.69) is 12.2 Å². The van der Waals surface area contributed by atoms with Crippen LogP contribution < -0.4 is 0 Å². The normalized spacial score (nSPS) is 35.5. The molecule has 0 saturated carbocycles. The van der Waals surface area contributed by atoms with Crippen molar-refractivity contribution in [3.05, 3.63) is 36.5 Å². The quantitative estimate of drug-likeness (QED) is 0.590. The number of carbonyl (C=O) groups excluding carboxylic acids is 1. The maximum absolute atomic E-state index is 12.0. The molecule has 2 aliphatic rings.